The lowest BCUT2D eigenvalue weighted by molar-refractivity contribution is -0.151. The van der Waals surface area contributed by atoms with Crippen molar-refractivity contribution < 1.29 is 24.5 Å². The fourth-order valence-corrected chi connectivity index (χ4v) is 9.29. The van der Waals surface area contributed by atoms with E-state index in [0.717, 1.165) is 83.5 Å². The molecular weight excluding hydrogens is 863 g/mol. The molecule has 0 aliphatic carbocycles. The molecule has 0 heterocycles. The molecule has 0 fully saturated rings. The minimum absolute atomic E-state index is 0.0405. The minimum Gasteiger partial charge on any atom is -0.462 e. The van der Waals surface area contributed by atoms with E-state index in [0.29, 0.717) is 19.3 Å². The van der Waals surface area contributed by atoms with Crippen molar-refractivity contribution in [2.45, 2.75) is 328 Å². The number of hydrogen-bond donors (Lipinski definition) is 3. The number of esters is 1. The van der Waals surface area contributed by atoms with Crippen molar-refractivity contribution in [3.63, 3.8) is 0 Å². The molecule has 408 valence electrons. The molecule has 6 nitrogen and oxygen atoms in total. The highest BCUT2D eigenvalue weighted by Crippen LogP contribution is 2.18. The van der Waals surface area contributed by atoms with E-state index < -0.39 is 18.2 Å². The largest absolute Gasteiger partial charge is 0.462 e. The Kier molecular flexibility index (Phi) is 55.5. The van der Waals surface area contributed by atoms with Crippen molar-refractivity contribution in [2.24, 2.45) is 0 Å². The number of aliphatic hydroxyl groups excluding tert-OH is 2. The van der Waals surface area contributed by atoms with Gasteiger partial charge in [0.1, 0.15) is 6.10 Å². The molecule has 6 heteroatoms. The highest BCUT2D eigenvalue weighted by atomic mass is 16.5. The monoisotopic (exact) mass is 980 g/mol. The summed E-state index contributed by atoms with van der Waals surface area (Å²) in [6, 6.07) is -0.721. The second kappa shape index (κ2) is 57.5. The zero-order chi connectivity index (χ0) is 50.9. The second-order valence-electron chi connectivity index (χ2n) is 20.7. The third-order valence-corrected chi connectivity index (χ3v) is 13.9. The lowest BCUT2D eigenvalue weighted by Crippen LogP contribution is -2.46. The fraction of sp³-hybridized carbons (Fsp3) is 0.812. The summed E-state index contributed by atoms with van der Waals surface area (Å²) in [5.41, 5.74) is 0. The summed E-state index contributed by atoms with van der Waals surface area (Å²) in [7, 11) is 0. The van der Waals surface area contributed by atoms with Crippen LogP contribution in [0.3, 0.4) is 0 Å². The van der Waals surface area contributed by atoms with Crippen LogP contribution in [0.1, 0.15) is 310 Å². The van der Waals surface area contributed by atoms with Gasteiger partial charge in [0, 0.05) is 6.42 Å². The van der Waals surface area contributed by atoms with Crippen molar-refractivity contribution in [1.29, 1.82) is 0 Å². The normalized spacial score (nSPS) is 13.5. The Morgan fingerprint density at radius 2 is 0.771 bits per heavy atom. The van der Waals surface area contributed by atoms with Gasteiger partial charge in [-0.1, -0.05) is 293 Å². The van der Waals surface area contributed by atoms with Crippen LogP contribution in [0.25, 0.3) is 0 Å². The summed E-state index contributed by atoms with van der Waals surface area (Å²) in [4.78, 5) is 26.3. The molecule has 3 atom stereocenters. The molecule has 0 aromatic carbocycles. The number of carbonyl (C=O) groups is 2. The molecule has 70 heavy (non-hydrogen) atoms. The van der Waals surface area contributed by atoms with Crippen LogP contribution in [-0.2, 0) is 14.3 Å². The molecule has 3 unspecified atom stereocenters. The molecule has 0 spiro atoms. The van der Waals surface area contributed by atoms with Gasteiger partial charge in [0.2, 0.25) is 5.91 Å². The summed E-state index contributed by atoms with van der Waals surface area (Å²) in [6.45, 7) is 6.39. The predicted octanol–water partition coefficient (Wildman–Crippen LogP) is 19.1. The zero-order valence-electron chi connectivity index (χ0n) is 46.7. The first-order valence-corrected chi connectivity index (χ1v) is 30.5. The maximum absolute atomic E-state index is 13.3. The average molecular weight is 981 g/mol. The molecule has 0 aromatic heterocycles. The highest BCUT2D eigenvalue weighted by Gasteiger charge is 2.24. The van der Waals surface area contributed by atoms with E-state index in [-0.39, 0.29) is 24.9 Å². The minimum atomic E-state index is -0.804. The van der Waals surface area contributed by atoms with Gasteiger partial charge < -0.3 is 20.3 Å². The fourth-order valence-electron chi connectivity index (χ4n) is 9.29. The summed E-state index contributed by atoms with van der Waals surface area (Å²) < 4.78 is 5.95. The molecule has 0 aromatic rings. The van der Waals surface area contributed by atoms with E-state index in [1.165, 1.54) is 180 Å². The van der Waals surface area contributed by atoms with Gasteiger partial charge in [0.25, 0.3) is 0 Å². The predicted molar refractivity (Wildman–Crippen MR) is 305 cm³/mol. The molecule has 3 N–H and O–H groups in total. The number of unbranched alkanes of at least 4 members (excludes halogenated alkanes) is 33. The molecule has 1 amide bonds. The Morgan fingerprint density at radius 3 is 1.14 bits per heavy atom. The Labute approximate surface area is 435 Å². The number of carbonyl (C=O) groups excluding carboxylic acids is 2. The van der Waals surface area contributed by atoms with Crippen LogP contribution in [0.15, 0.2) is 60.8 Å². The summed E-state index contributed by atoms with van der Waals surface area (Å²) in [5, 5.41) is 23.9. The van der Waals surface area contributed by atoms with Gasteiger partial charge in [0.15, 0.2) is 0 Å². The molecule has 0 rings (SSSR count). The summed E-state index contributed by atoms with van der Waals surface area (Å²) in [6.07, 6.45) is 73.0. The van der Waals surface area contributed by atoms with Crippen molar-refractivity contribution in [1.82, 2.24) is 5.32 Å². The van der Waals surface area contributed by atoms with Gasteiger partial charge in [-0.05, 0) is 64.2 Å². The maximum atomic E-state index is 13.3. The molecule has 0 radical (unpaired) electrons. The van der Waals surface area contributed by atoms with E-state index in [2.05, 4.69) is 86.8 Å². The number of hydrogen-bond acceptors (Lipinski definition) is 5. The number of rotatable bonds is 55. The van der Waals surface area contributed by atoms with Gasteiger partial charge in [-0.15, -0.1) is 0 Å². The SMILES string of the molecule is CC/C=C\C/C=C\C/C=C\C/C=C\C/C=C\CCCC(CC(=O)NC(CO)C(O)CCCCCCCCCCCCCCCCC)OC(=O)CCCCCCCCCCCCCCCCCCCCC. The molecule has 0 aliphatic rings. The molecule has 0 saturated carbocycles. The smallest absolute Gasteiger partial charge is 0.306 e. The lowest BCUT2D eigenvalue weighted by Gasteiger charge is -2.24. The van der Waals surface area contributed by atoms with E-state index in [1.54, 1.807) is 0 Å². The standard InChI is InChI=1S/C64H117NO5/c1-4-7-10-13-16-19-22-25-28-30-31-33-36-39-42-45-48-51-54-57-64(69)70-60(55-52-49-46-43-40-37-35-32-29-26-23-20-17-14-11-8-5-2)58-63(68)65-61(59-66)62(67)56-53-50-47-44-41-38-34-27-24-21-18-15-12-9-6-3/h8,11,17,20,26,29,35,37,43,46,60-62,66-67H,4-7,9-10,12-16,18-19,21-25,27-28,30-34,36,38-42,44-45,47-59H2,1-3H3,(H,65,68)/b11-8-,20-17-,29-26-,37-35-,46-43-. The van der Waals surface area contributed by atoms with Crippen LogP contribution < -0.4 is 5.32 Å². The van der Waals surface area contributed by atoms with Crippen LogP contribution in [0.2, 0.25) is 0 Å². The first-order chi connectivity index (χ1) is 34.5. The number of ether oxygens (including phenoxy) is 1. The molecule has 0 bridgehead atoms. The number of allylic oxidation sites excluding steroid dienone is 10. The van der Waals surface area contributed by atoms with E-state index in [4.69, 9.17) is 4.74 Å². The van der Waals surface area contributed by atoms with Crippen molar-refractivity contribution >= 4 is 11.9 Å². The number of aliphatic hydroxyl groups is 2. The van der Waals surface area contributed by atoms with Crippen molar-refractivity contribution in [3.8, 4) is 0 Å². The van der Waals surface area contributed by atoms with Crippen molar-refractivity contribution in [3.05, 3.63) is 60.8 Å². The molecule has 0 aliphatic heterocycles. The van der Waals surface area contributed by atoms with Gasteiger partial charge in [-0.2, -0.15) is 0 Å². The Hall–Kier alpha value is -2.44. The second-order valence-corrected chi connectivity index (χ2v) is 20.7. The third-order valence-electron chi connectivity index (χ3n) is 13.9. The van der Waals surface area contributed by atoms with Crippen molar-refractivity contribution in [2.75, 3.05) is 6.61 Å². The third kappa shape index (κ3) is 51.9. The van der Waals surface area contributed by atoms with Gasteiger partial charge in [-0.3, -0.25) is 9.59 Å². The number of nitrogens with one attached hydrogen (secondary N) is 1. The zero-order valence-corrected chi connectivity index (χ0v) is 46.7. The maximum Gasteiger partial charge on any atom is 0.306 e. The highest BCUT2D eigenvalue weighted by molar-refractivity contribution is 5.77. The molecule has 0 saturated heterocycles. The first kappa shape index (κ1) is 67.6. The van der Waals surface area contributed by atoms with E-state index in [1.807, 2.05) is 0 Å². The van der Waals surface area contributed by atoms with Gasteiger partial charge in [0.05, 0.1) is 25.2 Å². The van der Waals surface area contributed by atoms with E-state index in [9.17, 15) is 19.8 Å². The van der Waals surface area contributed by atoms with Gasteiger partial charge in [-0.25, -0.2) is 0 Å². The van der Waals surface area contributed by atoms with Crippen LogP contribution in [-0.4, -0.2) is 46.9 Å². The quantitative estimate of drug-likeness (QED) is 0.0321. The van der Waals surface area contributed by atoms with Crippen LogP contribution in [0.4, 0.5) is 0 Å². The molecular formula is C64H117NO5. The topological polar surface area (TPSA) is 95.9 Å². The summed E-state index contributed by atoms with van der Waals surface area (Å²) in [5.74, 6) is -0.516. The Balaban J connectivity index is 4.60. The summed E-state index contributed by atoms with van der Waals surface area (Å²) >= 11 is 0. The lowest BCUT2D eigenvalue weighted by atomic mass is 10.0. The Bertz CT molecular complexity index is 1240. The Morgan fingerprint density at radius 1 is 0.429 bits per heavy atom. The van der Waals surface area contributed by atoms with Crippen LogP contribution >= 0.6 is 0 Å². The number of amides is 1. The average Bonchev–Trinajstić information content (AvgIpc) is 3.35. The van der Waals surface area contributed by atoms with Crippen LogP contribution in [0.5, 0.6) is 0 Å². The van der Waals surface area contributed by atoms with E-state index >= 15 is 0 Å². The van der Waals surface area contributed by atoms with Gasteiger partial charge >= 0.3 is 5.97 Å². The van der Waals surface area contributed by atoms with Crippen LogP contribution in [0, 0.1) is 0 Å². The first-order valence-electron chi connectivity index (χ1n) is 30.5.